The molecule has 0 atom stereocenters. The van der Waals surface area contributed by atoms with Gasteiger partial charge in [0.05, 0.1) is 18.1 Å². The SMILES string of the molecule is CCOP(=S)(OCC)SCCNC(C)(C)C.Cc1ccc(S(=O)(=O)O)cc1. The molecule has 2 N–H and O–H groups in total. The van der Waals surface area contributed by atoms with Gasteiger partial charge in [0, 0.05) is 17.8 Å². The molecule has 0 aliphatic carbocycles. The van der Waals surface area contributed by atoms with Crippen LogP contribution in [0.4, 0.5) is 0 Å². The second-order valence-electron chi connectivity index (χ2n) is 6.58. The fourth-order valence-corrected chi connectivity index (χ4v) is 6.80. The van der Waals surface area contributed by atoms with Gasteiger partial charge in [-0.2, -0.15) is 8.42 Å². The van der Waals surface area contributed by atoms with Crippen molar-refractivity contribution in [3.63, 3.8) is 0 Å². The molecule has 27 heavy (non-hydrogen) atoms. The molecule has 0 aliphatic rings. The van der Waals surface area contributed by atoms with E-state index in [2.05, 4.69) is 26.1 Å². The second-order valence-corrected chi connectivity index (χ2v) is 14.4. The summed E-state index contributed by atoms with van der Waals surface area (Å²) < 4.78 is 40.6. The Morgan fingerprint density at radius 3 is 2.00 bits per heavy atom. The molecule has 0 amide bonds. The average molecular weight is 458 g/mol. The van der Waals surface area contributed by atoms with E-state index in [0.717, 1.165) is 17.9 Å². The zero-order valence-electron chi connectivity index (χ0n) is 16.9. The van der Waals surface area contributed by atoms with Crippen molar-refractivity contribution < 1.29 is 22.0 Å². The molecular weight excluding hydrogens is 425 g/mol. The van der Waals surface area contributed by atoms with Crippen molar-refractivity contribution in [3.8, 4) is 0 Å². The van der Waals surface area contributed by atoms with E-state index >= 15 is 0 Å². The Morgan fingerprint density at radius 1 is 1.15 bits per heavy atom. The summed E-state index contributed by atoms with van der Waals surface area (Å²) in [4.78, 5) is -0.0666. The number of nitrogens with one attached hydrogen (secondary N) is 1. The van der Waals surface area contributed by atoms with Gasteiger partial charge in [-0.25, -0.2) is 0 Å². The van der Waals surface area contributed by atoms with Crippen molar-refractivity contribution >= 4 is 39.0 Å². The van der Waals surface area contributed by atoms with Gasteiger partial charge in [0.25, 0.3) is 10.1 Å². The Balaban J connectivity index is 0.000000533. The summed E-state index contributed by atoms with van der Waals surface area (Å²) in [5.74, 6) is 0.925. The van der Waals surface area contributed by atoms with E-state index in [1.54, 1.807) is 23.5 Å². The predicted octanol–water partition coefficient (Wildman–Crippen LogP) is 4.65. The van der Waals surface area contributed by atoms with Crippen LogP contribution in [0.5, 0.6) is 0 Å². The lowest BCUT2D eigenvalue weighted by Gasteiger charge is -2.23. The first-order chi connectivity index (χ1) is 12.3. The Labute approximate surface area is 173 Å². The van der Waals surface area contributed by atoms with Gasteiger partial charge in [-0.1, -0.05) is 29.1 Å². The van der Waals surface area contributed by atoms with Gasteiger partial charge in [0.2, 0.25) is 5.69 Å². The van der Waals surface area contributed by atoms with Crippen LogP contribution in [0.25, 0.3) is 0 Å². The van der Waals surface area contributed by atoms with E-state index in [-0.39, 0.29) is 10.4 Å². The van der Waals surface area contributed by atoms with Gasteiger partial charge in [0.1, 0.15) is 0 Å². The van der Waals surface area contributed by atoms with E-state index in [1.165, 1.54) is 12.1 Å². The van der Waals surface area contributed by atoms with Crippen LogP contribution >= 0.6 is 17.1 Å². The summed E-state index contributed by atoms with van der Waals surface area (Å²) >= 11 is 7.04. The molecule has 0 unspecified atom stereocenters. The van der Waals surface area contributed by atoms with Crippen LogP contribution in [0.3, 0.4) is 0 Å². The molecule has 0 aromatic heterocycles. The van der Waals surface area contributed by atoms with Crippen LogP contribution in [0, 0.1) is 6.92 Å². The molecular formula is C17H32NO5PS3. The van der Waals surface area contributed by atoms with Crippen LogP contribution < -0.4 is 5.32 Å². The lowest BCUT2D eigenvalue weighted by Crippen LogP contribution is -2.37. The summed E-state index contributed by atoms with van der Waals surface area (Å²) in [6.07, 6.45) is 0. The maximum atomic E-state index is 10.5. The fourth-order valence-electron chi connectivity index (χ4n) is 1.72. The number of hydrogen-bond acceptors (Lipinski definition) is 7. The molecule has 1 aromatic rings. The summed E-state index contributed by atoms with van der Waals surface area (Å²) in [5.41, 5.74) is -0.982. The van der Waals surface area contributed by atoms with Gasteiger partial charge < -0.3 is 14.4 Å². The van der Waals surface area contributed by atoms with E-state index in [4.69, 9.17) is 25.4 Å². The normalized spacial score (nSPS) is 12.4. The minimum absolute atomic E-state index is 0.0666. The van der Waals surface area contributed by atoms with Crippen LogP contribution in [0.2, 0.25) is 0 Å². The molecule has 1 aromatic carbocycles. The van der Waals surface area contributed by atoms with Crippen molar-refractivity contribution in [2.75, 3.05) is 25.5 Å². The van der Waals surface area contributed by atoms with Gasteiger partial charge in [-0.05, 0) is 65.5 Å². The van der Waals surface area contributed by atoms with Crippen LogP contribution in [-0.2, 0) is 31.0 Å². The minimum Gasteiger partial charge on any atom is -0.322 e. The summed E-state index contributed by atoms with van der Waals surface area (Å²) in [5, 5.41) is 3.42. The molecule has 0 fully saturated rings. The van der Waals surface area contributed by atoms with E-state index < -0.39 is 15.8 Å². The molecule has 0 saturated heterocycles. The maximum Gasteiger partial charge on any atom is 0.294 e. The van der Waals surface area contributed by atoms with Crippen molar-refractivity contribution in [1.82, 2.24) is 5.32 Å². The zero-order chi connectivity index (χ0) is 21.1. The highest BCUT2D eigenvalue weighted by atomic mass is 32.9. The topological polar surface area (TPSA) is 84.9 Å². The van der Waals surface area contributed by atoms with Crippen molar-refractivity contribution in [2.24, 2.45) is 0 Å². The molecule has 0 aliphatic heterocycles. The van der Waals surface area contributed by atoms with Crippen LogP contribution in [0.15, 0.2) is 29.2 Å². The Kier molecular flexibility index (Phi) is 12.6. The largest absolute Gasteiger partial charge is 0.322 e. The number of rotatable bonds is 9. The Bertz CT molecular complexity index is 678. The van der Waals surface area contributed by atoms with Crippen LogP contribution in [-0.4, -0.2) is 44.0 Å². The molecule has 0 radical (unpaired) electrons. The lowest BCUT2D eigenvalue weighted by molar-refractivity contribution is 0.280. The molecule has 1 rings (SSSR count). The average Bonchev–Trinajstić information content (AvgIpc) is 2.51. The Morgan fingerprint density at radius 2 is 1.63 bits per heavy atom. The molecule has 10 heteroatoms. The third-order valence-electron chi connectivity index (χ3n) is 2.90. The number of hydrogen-bond donors (Lipinski definition) is 2. The van der Waals surface area contributed by atoms with E-state index in [1.807, 2.05) is 20.8 Å². The highest BCUT2D eigenvalue weighted by Crippen LogP contribution is 2.60. The predicted molar refractivity (Wildman–Crippen MR) is 119 cm³/mol. The van der Waals surface area contributed by atoms with Crippen molar-refractivity contribution in [2.45, 2.75) is 52.0 Å². The highest BCUT2D eigenvalue weighted by molar-refractivity contribution is 8.67. The maximum absolute atomic E-state index is 10.5. The monoisotopic (exact) mass is 457 g/mol. The first kappa shape index (κ1) is 27.0. The van der Waals surface area contributed by atoms with E-state index in [0.29, 0.717) is 13.2 Å². The van der Waals surface area contributed by atoms with Gasteiger partial charge in [-0.15, -0.1) is 0 Å². The molecule has 0 heterocycles. The first-order valence-corrected chi connectivity index (χ1v) is 14.3. The third-order valence-corrected chi connectivity index (χ3v) is 9.33. The van der Waals surface area contributed by atoms with Crippen molar-refractivity contribution in [1.29, 1.82) is 0 Å². The summed E-state index contributed by atoms with van der Waals surface area (Å²) in [6, 6.07) is 5.99. The fraction of sp³-hybridized carbons (Fsp3) is 0.647. The smallest absolute Gasteiger partial charge is 0.294 e. The molecule has 0 spiro atoms. The number of aryl methyl sites for hydroxylation is 1. The molecule has 6 nitrogen and oxygen atoms in total. The van der Waals surface area contributed by atoms with Gasteiger partial charge in [0.15, 0.2) is 0 Å². The molecule has 0 bridgehead atoms. The van der Waals surface area contributed by atoms with Crippen LogP contribution in [0.1, 0.15) is 40.2 Å². The van der Waals surface area contributed by atoms with E-state index in [9.17, 15) is 8.42 Å². The Hall–Kier alpha value is 0.01000. The highest BCUT2D eigenvalue weighted by Gasteiger charge is 2.18. The summed E-state index contributed by atoms with van der Waals surface area (Å²) in [6.45, 7) is 14.4. The molecule has 0 saturated carbocycles. The number of benzene rings is 1. The zero-order valence-corrected chi connectivity index (χ0v) is 20.2. The second kappa shape index (κ2) is 12.5. The quantitative estimate of drug-likeness (QED) is 0.315. The standard InChI is InChI=1S/C10H24NO2PS2.C7H8O3S/c1-6-12-14(15,13-7-2)16-9-8-11-10(3,4)5;1-6-2-4-7(5-3-6)11(8,9)10/h11H,6-9H2,1-5H3;2-5H,1H3,(H,8,9,10). The lowest BCUT2D eigenvalue weighted by atomic mass is 10.1. The summed E-state index contributed by atoms with van der Waals surface area (Å²) in [7, 11) is -4.02. The molecule has 158 valence electrons. The van der Waals surface area contributed by atoms with Crippen molar-refractivity contribution in [3.05, 3.63) is 29.8 Å². The van der Waals surface area contributed by atoms with Gasteiger partial charge >= 0.3 is 0 Å². The first-order valence-electron chi connectivity index (χ1n) is 8.66. The third kappa shape index (κ3) is 13.8. The minimum atomic E-state index is -4.02. The van der Waals surface area contributed by atoms with Gasteiger partial charge in [-0.3, -0.25) is 4.55 Å².